The summed E-state index contributed by atoms with van der Waals surface area (Å²) < 4.78 is 12.3. The van der Waals surface area contributed by atoms with E-state index in [2.05, 4.69) is 35.5 Å². The molecule has 0 amide bonds. The Morgan fingerprint density at radius 1 is 1.11 bits per heavy atom. The molecule has 0 saturated heterocycles. The molecule has 154 valence electrons. The Morgan fingerprint density at radius 3 is 2.37 bits per heavy atom. The van der Waals surface area contributed by atoms with Crippen molar-refractivity contribution in [1.29, 1.82) is 0 Å². The maximum absolute atomic E-state index is 11.1. The van der Waals surface area contributed by atoms with Gasteiger partial charge >= 0.3 is 5.97 Å². The molecule has 0 aliphatic rings. The van der Waals surface area contributed by atoms with E-state index in [1.54, 1.807) is 6.07 Å². The van der Waals surface area contributed by atoms with E-state index in [1.165, 1.54) is 57.1 Å². The van der Waals surface area contributed by atoms with Crippen molar-refractivity contribution in [3.63, 3.8) is 0 Å². The number of benzene rings is 1. The molecule has 27 heavy (non-hydrogen) atoms. The average Bonchev–Trinajstić information content (AvgIpc) is 2.61. The Morgan fingerprint density at radius 2 is 1.74 bits per heavy atom. The summed E-state index contributed by atoms with van der Waals surface area (Å²) in [6.45, 7) is 5.28. The third-order valence-corrected chi connectivity index (χ3v) is 5.42. The first kappa shape index (κ1) is 24.3. The van der Waals surface area contributed by atoms with Crippen LogP contribution in [0.5, 0.6) is 5.75 Å². The minimum Gasteiger partial charge on any atom is -0.492 e. The topological polar surface area (TPSA) is 55.8 Å². The number of carbonyl (C=O) groups is 1. The first-order chi connectivity index (χ1) is 12.9. The molecule has 1 aromatic carbocycles. The summed E-state index contributed by atoms with van der Waals surface area (Å²) in [5.74, 6) is -0.456. The van der Waals surface area contributed by atoms with Gasteiger partial charge in [-0.05, 0) is 47.5 Å². The predicted octanol–water partition coefficient (Wildman–Crippen LogP) is 6.72. The van der Waals surface area contributed by atoms with Gasteiger partial charge in [-0.15, -0.1) is 12.6 Å². The van der Waals surface area contributed by atoms with Gasteiger partial charge < -0.3 is 14.6 Å². The van der Waals surface area contributed by atoms with Crippen molar-refractivity contribution < 1.29 is 19.4 Å². The van der Waals surface area contributed by atoms with E-state index in [4.69, 9.17) is 14.6 Å². The largest absolute Gasteiger partial charge is 0.492 e. The summed E-state index contributed by atoms with van der Waals surface area (Å²) in [7, 11) is 0. The summed E-state index contributed by atoms with van der Waals surface area (Å²) in [5, 5.41) is 9.06. The van der Waals surface area contributed by atoms with E-state index in [-0.39, 0.29) is 5.56 Å². The predicted molar refractivity (Wildman–Crippen MR) is 117 cm³/mol. The molecule has 6 heteroatoms. The van der Waals surface area contributed by atoms with Crippen LogP contribution in [0.4, 0.5) is 0 Å². The molecule has 0 fully saturated rings. The summed E-state index contributed by atoms with van der Waals surface area (Å²) in [6, 6.07) is 4.73. The Kier molecular flexibility index (Phi) is 12.1. The smallest absolute Gasteiger partial charge is 0.335 e. The van der Waals surface area contributed by atoms with Crippen molar-refractivity contribution in [3.8, 4) is 5.75 Å². The number of hydrogen-bond acceptors (Lipinski definition) is 4. The summed E-state index contributed by atoms with van der Waals surface area (Å²) in [6.07, 6.45) is 10.8. The van der Waals surface area contributed by atoms with Crippen LogP contribution in [0, 0.1) is 0 Å². The lowest BCUT2D eigenvalue weighted by Gasteiger charge is -2.24. The zero-order valence-corrected chi connectivity index (χ0v) is 19.0. The van der Waals surface area contributed by atoms with Crippen LogP contribution in [-0.4, -0.2) is 29.2 Å². The first-order valence-corrected chi connectivity index (χ1v) is 11.1. The lowest BCUT2D eigenvalue weighted by Crippen LogP contribution is -2.25. The molecule has 0 radical (unpaired) electrons. The van der Waals surface area contributed by atoms with Crippen LogP contribution in [-0.2, 0) is 4.74 Å². The molecule has 0 aliphatic heterocycles. The maximum Gasteiger partial charge on any atom is 0.335 e. The molecule has 1 unspecified atom stereocenters. The number of aromatic carboxylic acids is 1. The van der Waals surface area contributed by atoms with Gasteiger partial charge in [0.1, 0.15) is 10.7 Å². The van der Waals surface area contributed by atoms with Gasteiger partial charge in [-0.2, -0.15) is 0 Å². The number of thiol groups is 1. The average molecular weight is 461 g/mol. The lowest BCUT2D eigenvalue weighted by molar-refractivity contribution is 0.0234. The Balaban J connectivity index is 2.20. The SMILES string of the molecule is CCCCCCCCCCOC(C)(S)CCOc1cc(C(=O)O)ccc1Br. The number of carboxylic acid groups (broad SMARTS) is 1. The first-order valence-electron chi connectivity index (χ1n) is 9.87. The second-order valence-corrected chi connectivity index (χ2v) is 8.85. The monoisotopic (exact) mass is 460 g/mol. The van der Waals surface area contributed by atoms with Gasteiger partial charge in [0, 0.05) is 13.0 Å². The summed E-state index contributed by atoms with van der Waals surface area (Å²) in [4.78, 5) is 10.5. The van der Waals surface area contributed by atoms with E-state index < -0.39 is 10.9 Å². The maximum atomic E-state index is 11.1. The molecular weight excluding hydrogens is 428 g/mol. The second kappa shape index (κ2) is 13.5. The zero-order valence-electron chi connectivity index (χ0n) is 16.5. The van der Waals surface area contributed by atoms with Gasteiger partial charge in [-0.25, -0.2) is 4.79 Å². The standard InChI is InChI=1S/C21H33BrO4S/c1-3-4-5-6-7-8-9-10-14-26-21(2,27)13-15-25-19-16-17(20(23)24)11-12-18(19)22/h11-12,16,27H,3-10,13-15H2,1-2H3,(H,23,24). The van der Waals surface area contributed by atoms with Crippen LogP contribution in [0.15, 0.2) is 22.7 Å². The molecular formula is C21H33BrO4S. The fourth-order valence-corrected chi connectivity index (χ4v) is 3.24. The molecule has 0 aromatic heterocycles. The quantitative estimate of drug-likeness (QED) is 0.173. The van der Waals surface area contributed by atoms with Crippen molar-refractivity contribution >= 4 is 34.5 Å². The van der Waals surface area contributed by atoms with Crippen molar-refractivity contribution in [1.82, 2.24) is 0 Å². The molecule has 4 nitrogen and oxygen atoms in total. The Hall–Kier alpha value is -0.720. The number of unbranched alkanes of at least 4 members (excludes halogenated alkanes) is 7. The molecule has 0 spiro atoms. The van der Waals surface area contributed by atoms with Crippen molar-refractivity contribution in [2.45, 2.75) is 76.6 Å². The molecule has 1 rings (SSSR count). The highest BCUT2D eigenvalue weighted by Gasteiger charge is 2.20. The van der Waals surface area contributed by atoms with Crippen LogP contribution < -0.4 is 4.74 Å². The van der Waals surface area contributed by atoms with Gasteiger partial charge in [0.15, 0.2) is 0 Å². The van der Waals surface area contributed by atoms with Crippen LogP contribution in [0.3, 0.4) is 0 Å². The van der Waals surface area contributed by atoms with Crippen molar-refractivity contribution in [2.24, 2.45) is 0 Å². The van der Waals surface area contributed by atoms with Gasteiger partial charge in [-0.1, -0.05) is 51.9 Å². The molecule has 0 bridgehead atoms. The molecule has 1 aromatic rings. The van der Waals surface area contributed by atoms with E-state index >= 15 is 0 Å². The number of hydrogen-bond donors (Lipinski definition) is 2. The minimum atomic E-state index is -0.972. The van der Waals surface area contributed by atoms with Crippen LogP contribution >= 0.6 is 28.6 Å². The third-order valence-electron chi connectivity index (χ3n) is 4.41. The van der Waals surface area contributed by atoms with Gasteiger partial charge in [0.2, 0.25) is 0 Å². The van der Waals surface area contributed by atoms with Gasteiger partial charge in [0.25, 0.3) is 0 Å². The van der Waals surface area contributed by atoms with E-state index in [0.29, 0.717) is 25.4 Å². The molecule has 0 heterocycles. The van der Waals surface area contributed by atoms with E-state index in [1.807, 2.05) is 6.92 Å². The van der Waals surface area contributed by atoms with Gasteiger partial charge in [0.05, 0.1) is 16.6 Å². The minimum absolute atomic E-state index is 0.202. The Labute approximate surface area is 177 Å². The second-order valence-electron chi connectivity index (χ2n) is 7.05. The normalized spacial score (nSPS) is 13.3. The van der Waals surface area contributed by atoms with Crippen LogP contribution in [0.1, 0.15) is 82.0 Å². The number of carboxylic acids is 1. The summed E-state index contributed by atoms with van der Waals surface area (Å²) in [5.41, 5.74) is 0.202. The highest BCUT2D eigenvalue weighted by atomic mass is 79.9. The van der Waals surface area contributed by atoms with Crippen molar-refractivity contribution in [2.75, 3.05) is 13.2 Å². The van der Waals surface area contributed by atoms with Crippen molar-refractivity contribution in [3.05, 3.63) is 28.2 Å². The molecule has 1 N–H and O–H groups in total. The zero-order chi connectivity index (χ0) is 20.1. The number of rotatable bonds is 15. The summed E-state index contributed by atoms with van der Waals surface area (Å²) >= 11 is 7.96. The van der Waals surface area contributed by atoms with E-state index in [0.717, 1.165) is 10.9 Å². The van der Waals surface area contributed by atoms with E-state index in [9.17, 15) is 4.79 Å². The third kappa shape index (κ3) is 11.0. The van der Waals surface area contributed by atoms with Crippen LogP contribution in [0.2, 0.25) is 0 Å². The molecule has 1 atom stereocenters. The number of halogens is 1. The molecule has 0 aliphatic carbocycles. The fraction of sp³-hybridized carbons (Fsp3) is 0.667. The van der Waals surface area contributed by atoms with Gasteiger partial charge in [-0.3, -0.25) is 0 Å². The highest BCUT2D eigenvalue weighted by molar-refractivity contribution is 9.10. The Bertz CT molecular complexity index is 563. The lowest BCUT2D eigenvalue weighted by atomic mass is 10.1. The fourth-order valence-electron chi connectivity index (χ4n) is 2.70. The van der Waals surface area contributed by atoms with Crippen LogP contribution in [0.25, 0.3) is 0 Å². The molecule has 0 saturated carbocycles. The highest BCUT2D eigenvalue weighted by Crippen LogP contribution is 2.28. The number of ether oxygens (including phenoxy) is 2.